The Morgan fingerprint density at radius 1 is 1.26 bits per heavy atom. The van der Waals surface area contributed by atoms with E-state index < -0.39 is 5.60 Å². The largest absolute Gasteiger partial charge is 0.444 e. The van der Waals surface area contributed by atoms with Gasteiger partial charge in [0, 0.05) is 24.4 Å². The summed E-state index contributed by atoms with van der Waals surface area (Å²) in [5.41, 5.74) is -1.19. The summed E-state index contributed by atoms with van der Waals surface area (Å²) in [7, 11) is 1.76. The molecule has 1 saturated carbocycles. The highest BCUT2D eigenvalue weighted by Gasteiger charge is 2.46. The summed E-state index contributed by atoms with van der Waals surface area (Å²) >= 11 is 0. The van der Waals surface area contributed by atoms with Gasteiger partial charge in [0.2, 0.25) is 0 Å². The van der Waals surface area contributed by atoms with Crippen molar-refractivity contribution in [3.63, 3.8) is 0 Å². The zero-order valence-corrected chi connectivity index (χ0v) is 13.3. The van der Waals surface area contributed by atoms with Crippen LogP contribution in [0.1, 0.15) is 60.8 Å². The van der Waals surface area contributed by atoms with E-state index >= 15 is 0 Å². The molecule has 1 fully saturated rings. The Hall–Kier alpha value is -1.06. The molecule has 0 heterocycles. The van der Waals surface area contributed by atoms with Crippen LogP contribution in [0.25, 0.3) is 0 Å². The normalized spacial score (nSPS) is 27.0. The number of rotatable bonds is 1. The third-order valence-corrected chi connectivity index (χ3v) is 3.95. The lowest BCUT2D eigenvalue weighted by atomic mass is 9.67. The van der Waals surface area contributed by atoms with Crippen LogP contribution in [-0.2, 0) is 9.53 Å². The molecule has 4 nitrogen and oxygen atoms in total. The van der Waals surface area contributed by atoms with Crippen molar-refractivity contribution in [3.05, 3.63) is 0 Å². The lowest BCUT2D eigenvalue weighted by Crippen LogP contribution is -2.55. The van der Waals surface area contributed by atoms with Crippen molar-refractivity contribution in [1.29, 1.82) is 0 Å². The van der Waals surface area contributed by atoms with Gasteiger partial charge in [0.1, 0.15) is 11.4 Å². The Morgan fingerprint density at radius 3 is 2.21 bits per heavy atom. The molecule has 0 aromatic heterocycles. The van der Waals surface area contributed by atoms with Crippen molar-refractivity contribution < 1.29 is 14.3 Å². The number of ketones is 1. The molecule has 0 aliphatic heterocycles. The third-order valence-electron chi connectivity index (χ3n) is 3.95. The van der Waals surface area contributed by atoms with Gasteiger partial charge in [-0.05, 0) is 40.5 Å². The fraction of sp³-hybridized carbons (Fsp3) is 0.867. The lowest BCUT2D eigenvalue weighted by Gasteiger charge is -2.47. The summed E-state index contributed by atoms with van der Waals surface area (Å²) in [6, 6.07) is 0. The van der Waals surface area contributed by atoms with Crippen molar-refractivity contribution in [2.75, 3.05) is 7.05 Å². The summed E-state index contributed by atoms with van der Waals surface area (Å²) in [6.07, 6.45) is 1.58. The highest BCUT2D eigenvalue weighted by Crippen LogP contribution is 2.41. The number of hydrogen-bond acceptors (Lipinski definition) is 3. The van der Waals surface area contributed by atoms with Crippen LogP contribution in [0.4, 0.5) is 4.79 Å². The molecule has 1 aliphatic carbocycles. The molecule has 0 bridgehead atoms. The van der Waals surface area contributed by atoms with Gasteiger partial charge >= 0.3 is 6.09 Å². The van der Waals surface area contributed by atoms with Crippen molar-refractivity contribution in [1.82, 2.24) is 4.90 Å². The van der Waals surface area contributed by atoms with Crippen LogP contribution in [-0.4, -0.2) is 35.0 Å². The van der Waals surface area contributed by atoms with Gasteiger partial charge in [0.15, 0.2) is 0 Å². The minimum atomic E-state index is -0.498. The molecular formula is C15H27NO3. The first kappa shape index (κ1) is 16.0. The fourth-order valence-corrected chi connectivity index (χ4v) is 2.70. The molecule has 1 unspecified atom stereocenters. The molecule has 0 aromatic rings. The topological polar surface area (TPSA) is 46.6 Å². The number of carbonyl (C=O) groups excluding carboxylic acids is 2. The monoisotopic (exact) mass is 269 g/mol. The highest BCUT2D eigenvalue weighted by atomic mass is 16.6. The second kappa shape index (κ2) is 4.80. The Kier molecular flexibility index (Phi) is 4.04. The maximum atomic E-state index is 12.2. The van der Waals surface area contributed by atoms with Gasteiger partial charge in [-0.3, -0.25) is 4.79 Å². The van der Waals surface area contributed by atoms with Crippen molar-refractivity contribution >= 4 is 11.9 Å². The summed E-state index contributed by atoms with van der Waals surface area (Å²) in [5.74, 6) is 0.280. The van der Waals surface area contributed by atoms with Gasteiger partial charge in [0.25, 0.3) is 0 Å². The number of carbonyl (C=O) groups is 2. The Bertz CT molecular complexity index is 381. The Balaban J connectivity index is 2.83. The molecule has 1 amide bonds. The van der Waals surface area contributed by atoms with E-state index in [1.165, 1.54) is 0 Å². The average Bonchev–Trinajstić information content (AvgIpc) is 2.20. The standard InChI is InChI=1S/C15H27NO3/c1-13(2,3)19-12(18)16(7)15(6)9-8-11(17)14(4,5)10-15/h8-10H2,1-7H3. The minimum Gasteiger partial charge on any atom is -0.444 e. The zero-order valence-electron chi connectivity index (χ0n) is 13.3. The molecule has 1 atom stereocenters. The number of nitrogens with zero attached hydrogens (tertiary/aromatic N) is 1. The van der Waals surface area contributed by atoms with Crippen LogP contribution in [0, 0.1) is 5.41 Å². The van der Waals surface area contributed by atoms with E-state index in [9.17, 15) is 9.59 Å². The molecule has 0 N–H and O–H groups in total. The van der Waals surface area contributed by atoms with Gasteiger partial charge in [-0.2, -0.15) is 0 Å². The number of hydrogen-bond donors (Lipinski definition) is 0. The predicted octanol–water partition coefficient (Wildman–Crippen LogP) is 3.39. The smallest absolute Gasteiger partial charge is 0.410 e. The molecule has 0 spiro atoms. The molecule has 1 aliphatic rings. The molecular weight excluding hydrogens is 242 g/mol. The van der Waals surface area contributed by atoms with Crippen LogP contribution >= 0.6 is 0 Å². The summed E-state index contributed by atoms with van der Waals surface area (Å²) in [4.78, 5) is 25.7. The zero-order chi connectivity index (χ0) is 15.1. The molecule has 19 heavy (non-hydrogen) atoms. The van der Waals surface area contributed by atoms with Crippen LogP contribution in [0.5, 0.6) is 0 Å². The molecule has 0 aromatic carbocycles. The van der Waals surface area contributed by atoms with Gasteiger partial charge in [-0.1, -0.05) is 13.8 Å². The second-order valence-corrected chi connectivity index (χ2v) is 7.52. The van der Waals surface area contributed by atoms with Crippen LogP contribution in [0.15, 0.2) is 0 Å². The van der Waals surface area contributed by atoms with E-state index in [4.69, 9.17) is 4.74 Å². The summed E-state index contributed by atoms with van der Waals surface area (Å²) in [5, 5.41) is 0. The molecule has 0 radical (unpaired) electrons. The van der Waals surface area contributed by atoms with Crippen molar-refractivity contribution in [3.8, 4) is 0 Å². The van der Waals surface area contributed by atoms with E-state index in [0.29, 0.717) is 19.3 Å². The summed E-state index contributed by atoms with van der Waals surface area (Å²) in [6.45, 7) is 11.5. The third kappa shape index (κ3) is 3.71. The highest BCUT2D eigenvalue weighted by molar-refractivity contribution is 5.85. The van der Waals surface area contributed by atoms with Gasteiger partial charge in [-0.25, -0.2) is 4.79 Å². The van der Waals surface area contributed by atoms with Gasteiger partial charge in [0.05, 0.1) is 0 Å². The van der Waals surface area contributed by atoms with Crippen molar-refractivity contribution in [2.24, 2.45) is 5.41 Å². The maximum absolute atomic E-state index is 12.2. The predicted molar refractivity (Wildman–Crippen MR) is 75.0 cm³/mol. The number of Topliss-reactive ketones (excluding diaryl/α,β-unsaturated/α-hetero) is 1. The SMILES string of the molecule is CN(C(=O)OC(C)(C)C)C1(C)CCC(=O)C(C)(C)C1. The number of ether oxygens (including phenoxy) is 1. The molecule has 4 heteroatoms. The van der Waals surface area contributed by atoms with Crippen LogP contribution in [0.3, 0.4) is 0 Å². The van der Waals surface area contributed by atoms with Crippen LogP contribution in [0.2, 0.25) is 0 Å². The first-order chi connectivity index (χ1) is 8.37. The summed E-state index contributed by atoms with van der Waals surface area (Å²) < 4.78 is 5.41. The molecule has 1 rings (SSSR count). The Morgan fingerprint density at radius 2 is 1.79 bits per heavy atom. The number of amides is 1. The van der Waals surface area contributed by atoms with E-state index in [1.807, 2.05) is 41.5 Å². The molecule has 110 valence electrons. The van der Waals surface area contributed by atoms with E-state index in [1.54, 1.807) is 11.9 Å². The van der Waals surface area contributed by atoms with E-state index in [2.05, 4.69) is 0 Å². The first-order valence-electron chi connectivity index (χ1n) is 6.88. The quantitative estimate of drug-likeness (QED) is 0.733. The van der Waals surface area contributed by atoms with Crippen LogP contribution < -0.4 is 0 Å². The second-order valence-electron chi connectivity index (χ2n) is 7.52. The average molecular weight is 269 g/mol. The van der Waals surface area contributed by atoms with Crippen molar-refractivity contribution in [2.45, 2.75) is 71.9 Å². The van der Waals surface area contributed by atoms with E-state index in [-0.39, 0.29) is 22.8 Å². The lowest BCUT2D eigenvalue weighted by molar-refractivity contribution is -0.133. The fourth-order valence-electron chi connectivity index (χ4n) is 2.70. The first-order valence-corrected chi connectivity index (χ1v) is 6.88. The van der Waals surface area contributed by atoms with Gasteiger partial charge in [-0.15, -0.1) is 0 Å². The minimum absolute atomic E-state index is 0.280. The maximum Gasteiger partial charge on any atom is 0.410 e. The van der Waals surface area contributed by atoms with Gasteiger partial charge < -0.3 is 9.64 Å². The van der Waals surface area contributed by atoms with E-state index in [0.717, 1.165) is 0 Å². The molecule has 0 saturated heterocycles. The Labute approximate surface area is 116 Å².